The zero-order valence-corrected chi connectivity index (χ0v) is 17.1. The van der Waals surface area contributed by atoms with Gasteiger partial charge in [0.05, 0.1) is 25.1 Å². The third-order valence-electron chi connectivity index (χ3n) is 6.04. The molecule has 3 aromatic rings. The summed E-state index contributed by atoms with van der Waals surface area (Å²) in [7, 11) is 3.56. The molecule has 1 aromatic carbocycles. The van der Waals surface area contributed by atoms with Crippen LogP contribution >= 0.6 is 0 Å². The van der Waals surface area contributed by atoms with Crippen LogP contribution in [0.1, 0.15) is 18.4 Å². The molecule has 152 valence electrons. The molecule has 0 aliphatic carbocycles. The fraction of sp³-hybridized carbons (Fsp3) is 0.364. The Kier molecular flexibility index (Phi) is 4.51. The molecular formula is C22H23N7O. The van der Waals surface area contributed by atoms with E-state index in [1.807, 2.05) is 25.4 Å². The van der Waals surface area contributed by atoms with Crippen molar-refractivity contribution in [2.24, 2.45) is 7.05 Å². The van der Waals surface area contributed by atoms with E-state index < -0.39 is 0 Å². The van der Waals surface area contributed by atoms with Crippen molar-refractivity contribution < 1.29 is 4.74 Å². The topological polar surface area (TPSA) is 83.1 Å². The first kappa shape index (κ1) is 18.4. The quantitative estimate of drug-likeness (QED) is 0.664. The van der Waals surface area contributed by atoms with Crippen molar-refractivity contribution in [3.8, 4) is 23.2 Å². The number of rotatable bonds is 4. The van der Waals surface area contributed by atoms with E-state index in [-0.39, 0.29) is 0 Å². The van der Waals surface area contributed by atoms with Gasteiger partial charge in [-0.1, -0.05) is 6.07 Å². The first-order chi connectivity index (χ1) is 14.7. The molecule has 2 aromatic heterocycles. The first-order valence-electron chi connectivity index (χ1n) is 10.1. The van der Waals surface area contributed by atoms with E-state index in [9.17, 15) is 5.26 Å². The number of hydrogen-bond acceptors (Lipinski definition) is 7. The lowest BCUT2D eigenvalue weighted by atomic mass is 9.90. The molecular weight excluding hydrogens is 378 g/mol. The molecule has 3 fully saturated rings. The smallest absolute Gasteiger partial charge is 0.164 e. The van der Waals surface area contributed by atoms with E-state index in [2.05, 4.69) is 38.1 Å². The molecule has 8 nitrogen and oxygen atoms in total. The van der Waals surface area contributed by atoms with Crippen LogP contribution in [0.25, 0.3) is 11.4 Å². The minimum Gasteiger partial charge on any atom is -0.497 e. The van der Waals surface area contributed by atoms with Gasteiger partial charge in [0, 0.05) is 50.2 Å². The van der Waals surface area contributed by atoms with Crippen molar-refractivity contribution in [1.82, 2.24) is 19.7 Å². The maximum atomic E-state index is 9.68. The number of benzene rings is 1. The predicted molar refractivity (Wildman–Crippen MR) is 113 cm³/mol. The minimum atomic E-state index is 0.296. The second-order valence-electron chi connectivity index (χ2n) is 7.84. The lowest BCUT2D eigenvalue weighted by Crippen LogP contribution is -2.63. The number of nitrogens with zero attached hydrogens (tertiary/aromatic N) is 7. The number of fused-ring (bicyclic) bond motifs is 3. The van der Waals surface area contributed by atoms with Crippen LogP contribution in [-0.4, -0.2) is 52.0 Å². The number of anilines is 2. The molecule has 2 atom stereocenters. The number of piperidine rings is 2. The second-order valence-corrected chi connectivity index (χ2v) is 7.84. The van der Waals surface area contributed by atoms with Gasteiger partial charge in [-0.25, -0.2) is 9.97 Å². The normalized spacial score (nSPS) is 20.3. The lowest BCUT2D eigenvalue weighted by Gasteiger charge is -2.53. The molecule has 2 bridgehead atoms. The molecule has 3 aliphatic heterocycles. The lowest BCUT2D eigenvalue weighted by molar-refractivity contribution is 0.331. The summed E-state index contributed by atoms with van der Waals surface area (Å²) >= 11 is 0. The van der Waals surface area contributed by atoms with Gasteiger partial charge in [-0.05, 0) is 25.0 Å². The molecule has 6 rings (SSSR count). The van der Waals surface area contributed by atoms with E-state index in [1.54, 1.807) is 24.2 Å². The third kappa shape index (κ3) is 3.12. The zero-order valence-electron chi connectivity index (χ0n) is 17.1. The van der Waals surface area contributed by atoms with E-state index in [0.717, 1.165) is 43.1 Å². The first-order valence-corrected chi connectivity index (χ1v) is 10.1. The number of aromatic nitrogens is 4. The Morgan fingerprint density at radius 3 is 2.60 bits per heavy atom. The summed E-state index contributed by atoms with van der Waals surface area (Å²) in [6, 6.07) is 11.2. The Labute approximate surface area is 175 Å². The summed E-state index contributed by atoms with van der Waals surface area (Å²) in [5, 5.41) is 13.9. The van der Waals surface area contributed by atoms with Crippen LogP contribution in [0.15, 0.2) is 42.9 Å². The van der Waals surface area contributed by atoms with Gasteiger partial charge in [0.2, 0.25) is 0 Å². The van der Waals surface area contributed by atoms with Crippen LogP contribution in [0.3, 0.4) is 0 Å². The van der Waals surface area contributed by atoms with Crippen molar-refractivity contribution in [2.75, 3.05) is 30.0 Å². The number of aryl methyl sites for hydroxylation is 1. The minimum absolute atomic E-state index is 0.296. The molecule has 8 heteroatoms. The van der Waals surface area contributed by atoms with Crippen molar-refractivity contribution in [2.45, 2.75) is 24.9 Å². The zero-order chi connectivity index (χ0) is 20.7. The molecule has 0 saturated carbocycles. The molecule has 0 unspecified atom stereocenters. The fourth-order valence-electron chi connectivity index (χ4n) is 4.54. The molecule has 30 heavy (non-hydrogen) atoms. The van der Waals surface area contributed by atoms with Gasteiger partial charge >= 0.3 is 0 Å². The van der Waals surface area contributed by atoms with Crippen LogP contribution in [0, 0.1) is 11.3 Å². The van der Waals surface area contributed by atoms with Crippen LogP contribution in [0.5, 0.6) is 5.75 Å². The number of methoxy groups -OCH3 is 1. The number of hydrogen-bond donors (Lipinski definition) is 0. The summed E-state index contributed by atoms with van der Waals surface area (Å²) in [4.78, 5) is 13.9. The largest absolute Gasteiger partial charge is 0.497 e. The van der Waals surface area contributed by atoms with E-state index >= 15 is 0 Å². The van der Waals surface area contributed by atoms with E-state index in [0.29, 0.717) is 23.5 Å². The second kappa shape index (κ2) is 7.34. The van der Waals surface area contributed by atoms with Crippen molar-refractivity contribution in [3.63, 3.8) is 0 Å². The van der Waals surface area contributed by atoms with Gasteiger partial charge in [0.25, 0.3) is 0 Å². The van der Waals surface area contributed by atoms with E-state index in [4.69, 9.17) is 9.72 Å². The maximum Gasteiger partial charge on any atom is 0.164 e. The average molecular weight is 401 g/mol. The molecule has 5 heterocycles. The highest BCUT2D eigenvalue weighted by molar-refractivity contribution is 5.63. The van der Waals surface area contributed by atoms with Gasteiger partial charge < -0.3 is 14.5 Å². The van der Waals surface area contributed by atoms with Crippen LogP contribution < -0.4 is 14.5 Å². The highest BCUT2D eigenvalue weighted by atomic mass is 16.5. The van der Waals surface area contributed by atoms with Gasteiger partial charge in [0.15, 0.2) is 11.6 Å². The number of piperazine rings is 1. The highest BCUT2D eigenvalue weighted by Gasteiger charge is 2.40. The summed E-state index contributed by atoms with van der Waals surface area (Å²) in [5.41, 5.74) is 2.55. The molecule has 0 radical (unpaired) electrons. The summed E-state index contributed by atoms with van der Waals surface area (Å²) in [5.74, 6) is 2.20. The predicted octanol–water partition coefficient (Wildman–Crippen LogP) is 2.61. The van der Waals surface area contributed by atoms with Crippen molar-refractivity contribution >= 4 is 11.5 Å². The molecule has 3 saturated heterocycles. The van der Waals surface area contributed by atoms with Crippen LogP contribution in [0.4, 0.5) is 11.5 Å². The van der Waals surface area contributed by atoms with Crippen molar-refractivity contribution in [3.05, 3.63) is 48.4 Å². The Hall–Kier alpha value is -3.60. The van der Waals surface area contributed by atoms with Crippen molar-refractivity contribution in [1.29, 1.82) is 5.26 Å². The SMILES string of the molecule is COc1cccc(N2C[C@@H]3CC[C@H]2CN3c2nc(-c3cnn(C)c3)ncc2C#N)c1. The van der Waals surface area contributed by atoms with Gasteiger partial charge in [-0.2, -0.15) is 10.4 Å². The standard InChI is InChI=1S/C22H23N7O/c1-27-12-16(11-25-27)21-24-10-15(9-23)22(26-21)29-14-18-6-7-19(29)13-28(18)17-4-3-5-20(8-17)30-2/h3-5,8,10-12,18-19H,6-7,13-14H2,1-2H3/t18-,19-/m0/s1. The Bertz CT molecular complexity index is 1120. The van der Waals surface area contributed by atoms with Crippen LogP contribution in [0.2, 0.25) is 0 Å². The maximum absolute atomic E-state index is 9.68. The summed E-state index contributed by atoms with van der Waals surface area (Å²) in [6.07, 6.45) is 7.48. The molecule has 0 amide bonds. The molecule has 3 aliphatic rings. The Morgan fingerprint density at radius 1 is 1.13 bits per heavy atom. The van der Waals surface area contributed by atoms with E-state index in [1.165, 1.54) is 5.69 Å². The Morgan fingerprint density at radius 2 is 1.93 bits per heavy atom. The summed E-state index contributed by atoms with van der Waals surface area (Å²) < 4.78 is 7.13. The molecule has 0 spiro atoms. The number of ether oxygens (including phenoxy) is 1. The fourth-order valence-corrected chi connectivity index (χ4v) is 4.54. The number of nitriles is 1. The molecule has 0 N–H and O–H groups in total. The monoisotopic (exact) mass is 401 g/mol. The van der Waals surface area contributed by atoms with Gasteiger partial charge in [0.1, 0.15) is 17.4 Å². The average Bonchev–Trinajstić information content (AvgIpc) is 3.25. The van der Waals surface area contributed by atoms with Crippen LogP contribution in [-0.2, 0) is 7.05 Å². The highest BCUT2D eigenvalue weighted by Crippen LogP contribution is 2.37. The summed E-state index contributed by atoms with van der Waals surface area (Å²) in [6.45, 7) is 1.73. The Balaban J connectivity index is 1.46. The van der Waals surface area contributed by atoms with Gasteiger partial charge in [-0.15, -0.1) is 0 Å². The third-order valence-corrected chi connectivity index (χ3v) is 6.04. The van der Waals surface area contributed by atoms with Gasteiger partial charge in [-0.3, -0.25) is 4.68 Å².